The number of ether oxygens (including phenoxy) is 1. The van der Waals surface area contributed by atoms with E-state index in [1.807, 2.05) is 0 Å². The van der Waals surface area contributed by atoms with E-state index in [0.29, 0.717) is 12.1 Å². The molecule has 3 nitrogen and oxygen atoms in total. The molecule has 0 bridgehead atoms. The zero-order valence-electron chi connectivity index (χ0n) is 10.8. The summed E-state index contributed by atoms with van der Waals surface area (Å²) in [6.07, 6.45) is 0. The maximum atomic E-state index is 13.4. The van der Waals surface area contributed by atoms with E-state index in [0.717, 1.165) is 12.1 Å². The van der Waals surface area contributed by atoms with Crippen molar-refractivity contribution in [3.63, 3.8) is 0 Å². The monoisotopic (exact) mass is 398 g/mol. The molecule has 2 rings (SSSR count). The molecular weight excluding hydrogens is 396 g/mol. The highest BCUT2D eigenvalue weighted by atomic mass is 35.5. The summed E-state index contributed by atoms with van der Waals surface area (Å²) in [5, 5.41) is -1.05. The zero-order valence-corrected chi connectivity index (χ0v) is 13.8. The lowest BCUT2D eigenvalue weighted by molar-refractivity contribution is 0.0397. The third-order valence-corrected chi connectivity index (χ3v) is 3.85. The standard InChI is InChI=1S/C14H4Cl4F2O3/c15-7-3-9(17)11(19)1-5(7)13(21)23-14(22)6-2-12(20)10(18)4-8(6)16/h1-4H. The molecule has 0 aliphatic carbocycles. The second-order valence-corrected chi connectivity index (χ2v) is 5.80. The third kappa shape index (κ3) is 3.93. The minimum absolute atomic E-state index is 0.220. The Morgan fingerprint density at radius 1 is 0.696 bits per heavy atom. The minimum atomic E-state index is -1.25. The summed E-state index contributed by atoms with van der Waals surface area (Å²) >= 11 is 22.5. The van der Waals surface area contributed by atoms with Crippen LogP contribution in [0.5, 0.6) is 0 Å². The maximum Gasteiger partial charge on any atom is 0.347 e. The summed E-state index contributed by atoms with van der Waals surface area (Å²) in [7, 11) is 0. The molecule has 0 amide bonds. The fraction of sp³-hybridized carbons (Fsp3) is 0. The van der Waals surface area contributed by atoms with Gasteiger partial charge in [-0.2, -0.15) is 0 Å². The van der Waals surface area contributed by atoms with Crippen LogP contribution in [0.3, 0.4) is 0 Å². The summed E-state index contributed by atoms with van der Waals surface area (Å²) in [5.41, 5.74) is -0.847. The van der Waals surface area contributed by atoms with Gasteiger partial charge in [0.1, 0.15) is 11.6 Å². The summed E-state index contributed by atoms with van der Waals surface area (Å²) in [6, 6.07) is 3.39. The predicted molar refractivity (Wildman–Crippen MR) is 82.6 cm³/mol. The zero-order chi connectivity index (χ0) is 17.3. The highest BCUT2D eigenvalue weighted by Crippen LogP contribution is 2.27. The first-order chi connectivity index (χ1) is 10.7. The van der Waals surface area contributed by atoms with Gasteiger partial charge in [0, 0.05) is 0 Å². The van der Waals surface area contributed by atoms with Gasteiger partial charge in [0.05, 0.1) is 31.2 Å². The topological polar surface area (TPSA) is 43.4 Å². The van der Waals surface area contributed by atoms with E-state index in [1.165, 1.54) is 0 Å². The molecule has 0 N–H and O–H groups in total. The van der Waals surface area contributed by atoms with E-state index >= 15 is 0 Å². The van der Waals surface area contributed by atoms with Crippen LogP contribution < -0.4 is 0 Å². The SMILES string of the molecule is O=C(OC(=O)c1cc(F)c(Cl)cc1Cl)c1cc(F)c(Cl)cc1Cl. The first kappa shape index (κ1) is 17.9. The molecule has 0 aliphatic rings. The molecule has 0 unspecified atom stereocenters. The van der Waals surface area contributed by atoms with Crippen molar-refractivity contribution < 1.29 is 23.1 Å². The van der Waals surface area contributed by atoms with Gasteiger partial charge < -0.3 is 4.74 Å². The van der Waals surface area contributed by atoms with Gasteiger partial charge in [-0.3, -0.25) is 0 Å². The van der Waals surface area contributed by atoms with Gasteiger partial charge in [0.2, 0.25) is 0 Å². The van der Waals surface area contributed by atoms with Gasteiger partial charge in [-0.05, 0) is 24.3 Å². The van der Waals surface area contributed by atoms with E-state index in [-0.39, 0.29) is 20.1 Å². The molecule has 2 aromatic carbocycles. The lowest BCUT2D eigenvalue weighted by Gasteiger charge is -2.07. The molecule has 0 fully saturated rings. The highest BCUT2D eigenvalue weighted by Gasteiger charge is 2.22. The molecule has 23 heavy (non-hydrogen) atoms. The summed E-state index contributed by atoms with van der Waals surface area (Å²) < 4.78 is 31.3. The molecule has 120 valence electrons. The Morgan fingerprint density at radius 2 is 1.04 bits per heavy atom. The van der Waals surface area contributed by atoms with Crippen LogP contribution >= 0.6 is 46.4 Å². The van der Waals surface area contributed by atoms with Crippen LogP contribution in [0.4, 0.5) is 8.78 Å². The normalized spacial score (nSPS) is 10.5. The number of benzene rings is 2. The van der Waals surface area contributed by atoms with Gasteiger partial charge in [-0.15, -0.1) is 0 Å². The van der Waals surface area contributed by atoms with Crippen molar-refractivity contribution in [3.05, 3.63) is 67.1 Å². The Bertz CT molecular complexity index is 757. The van der Waals surface area contributed by atoms with Gasteiger partial charge >= 0.3 is 11.9 Å². The molecule has 0 saturated heterocycles. The molecule has 0 spiro atoms. The Labute approximate surface area is 148 Å². The Morgan fingerprint density at radius 3 is 1.39 bits per heavy atom. The first-order valence-corrected chi connectivity index (χ1v) is 7.27. The fourth-order valence-electron chi connectivity index (χ4n) is 1.55. The summed E-state index contributed by atoms with van der Waals surface area (Å²) in [4.78, 5) is 23.8. The molecular formula is C14H4Cl4F2O3. The minimum Gasteiger partial charge on any atom is -0.386 e. The van der Waals surface area contributed by atoms with Crippen LogP contribution in [0.2, 0.25) is 20.1 Å². The smallest absolute Gasteiger partial charge is 0.347 e. The largest absolute Gasteiger partial charge is 0.386 e. The number of hydrogen-bond acceptors (Lipinski definition) is 3. The van der Waals surface area contributed by atoms with Crippen LogP contribution in [0.15, 0.2) is 24.3 Å². The number of carbonyl (C=O) groups excluding carboxylic acids is 2. The number of esters is 2. The van der Waals surface area contributed by atoms with Crippen molar-refractivity contribution in [1.82, 2.24) is 0 Å². The number of carbonyl (C=O) groups is 2. The molecule has 0 aromatic heterocycles. The maximum absolute atomic E-state index is 13.4. The van der Waals surface area contributed by atoms with Crippen LogP contribution in [0.1, 0.15) is 20.7 Å². The first-order valence-electron chi connectivity index (χ1n) is 5.76. The van der Waals surface area contributed by atoms with Gasteiger partial charge in [0.15, 0.2) is 0 Å². The molecule has 2 aromatic rings. The van der Waals surface area contributed by atoms with Crippen LogP contribution in [0, 0.1) is 11.6 Å². The Hall–Kier alpha value is -1.40. The Balaban J connectivity index is 2.29. The lowest BCUT2D eigenvalue weighted by atomic mass is 10.2. The molecule has 0 atom stereocenters. The van der Waals surface area contributed by atoms with Crippen molar-refractivity contribution in [1.29, 1.82) is 0 Å². The van der Waals surface area contributed by atoms with Gasteiger partial charge in [-0.1, -0.05) is 46.4 Å². The average Bonchev–Trinajstić information content (AvgIpc) is 2.46. The van der Waals surface area contributed by atoms with E-state index in [1.54, 1.807) is 0 Å². The number of rotatable bonds is 2. The predicted octanol–water partition coefficient (Wildman–Crippen LogP) is 5.58. The summed E-state index contributed by atoms with van der Waals surface area (Å²) in [5.74, 6) is -4.35. The molecule has 0 aliphatic heterocycles. The lowest BCUT2D eigenvalue weighted by Crippen LogP contribution is -2.14. The van der Waals surface area contributed by atoms with Gasteiger partial charge in [-0.25, -0.2) is 18.4 Å². The molecule has 9 heteroatoms. The van der Waals surface area contributed by atoms with Crippen LogP contribution in [0.25, 0.3) is 0 Å². The fourth-order valence-corrected chi connectivity index (χ4v) is 2.47. The second-order valence-electron chi connectivity index (χ2n) is 4.17. The molecule has 0 saturated carbocycles. The van der Waals surface area contributed by atoms with E-state index in [4.69, 9.17) is 46.4 Å². The van der Waals surface area contributed by atoms with Crippen LogP contribution in [-0.4, -0.2) is 11.9 Å². The van der Waals surface area contributed by atoms with E-state index < -0.39 is 34.7 Å². The number of hydrogen-bond donors (Lipinski definition) is 0. The van der Waals surface area contributed by atoms with Gasteiger partial charge in [0.25, 0.3) is 0 Å². The summed E-state index contributed by atoms with van der Waals surface area (Å²) in [6.45, 7) is 0. The average molecular weight is 400 g/mol. The third-order valence-electron chi connectivity index (χ3n) is 2.65. The quantitative estimate of drug-likeness (QED) is 0.376. The van der Waals surface area contributed by atoms with E-state index in [2.05, 4.69) is 4.74 Å². The molecule has 0 radical (unpaired) electrons. The van der Waals surface area contributed by atoms with Crippen molar-refractivity contribution >= 4 is 58.3 Å². The van der Waals surface area contributed by atoms with Crippen molar-refractivity contribution in [3.8, 4) is 0 Å². The molecule has 0 heterocycles. The Kier molecular flexibility index (Phi) is 5.47. The highest BCUT2D eigenvalue weighted by molar-refractivity contribution is 6.38. The number of halogens is 6. The van der Waals surface area contributed by atoms with Crippen LogP contribution in [-0.2, 0) is 4.74 Å². The van der Waals surface area contributed by atoms with E-state index in [9.17, 15) is 18.4 Å². The van der Waals surface area contributed by atoms with Crippen molar-refractivity contribution in [2.75, 3.05) is 0 Å². The second kappa shape index (κ2) is 7.01. The van der Waals surface area contributed by atoms with Crippen molar-refractivity contribution in [2.24, 2.45) is 0 Å². The van der Waals surface area contributed by atoms with Crippen molar-refractivity contribution in [2.45, 2.75) is 0 Å².